The number of benzene rings is 1. The molecule has 2 rings (SSSR count). The molecule has 2 N–H and O–H groups in total. The van der Waals surface area contributed by atoms with Crippen LogP contribution in [-0.2, 0) is 17.8 Å². The molecule has 1 aromatic carbocycles. The number of ketones is 1. The van der Waals surface area contributed by atoms with Crippen LogP contribution >= 0.6 is 0 Å². The van der Waals surface area contributed by atoms with Crippen molar-refractivity contribution in [2.45, 2.75) is 32.4 Å². The van der Waals surface area contributed by atoms with Crippen LogP contribution in [0.3, 0.4) is 0 Å². The van der Waals surface area contributed by atoms with Crippen molar-refractivity contribution in [2.24, 2.45) is 5.73 Å². The molecule has 0 amide bonds. The summed E-state index contributed by atoms with van der Waals surface area (Å²) in [5.74, 6) is 0.634. The van der Waals surface area contributed by atoms with Gasteiger partial charge in [-0.2, -0.15) is 5.10 Å². The van der Waals surface area contributed by atoms with Gasteiger partial charge >= 0.3 is 0 Å². The number of carbonyl (C=O) groups is 1. The fourth-order valence-corrected chi connectivity index (χ4v) is 1.94. The topological polar surface area (TPSA) is 73.8 Å². The van der Waals surface area contributed by atoms with E-state index < -0.39 is 6.04 Å². The third kappa shape index (κ3) is 3.26. The average Bonchev–Trinajstić information content (AvgIpc) is 2.86. The molecule has 1 unspecified atom stereocenters. The highest BCUT2D eigenvalue weighted by molar-refractivity contribution is 5.86. The van der Waals surface area contributed by atoms with Crippen LogP contribution in [0.25, 0.3) is 0 Å². The van der Waals surface area contributed by atoms with E-state index in [1.807, 2.05) is 30.3 Å². The van der Waals surface area contributed by atoms with Crippen LogP contribution < -0.4 is 5.73 Å². The molecule has 0 aliphatic carbocycles. The van der Waals surface area contributed by atoms with Crippen molar-refractivity contribution in [1.29, 1.82) is 0 Å². The molecule has 0 radical (unpaired) electrons. The molecule has 1 heterocycles. The van der Waals surface area contributed by atoms with Gasteiger partial charge in [-0.05, 0) is 12.0 Å². The molecule has 5 nitrogen and oxygen atoms in total. The van der Waals surface area contributed by atoms with Crippen LogP contribution in [0.15, 0.2) is 36.7 Å². The first kappa shape index (κ1) is 13.4. The summed E-state index contributed by atoms with van der Waals surface area (Å²) in [4.78, 5) is 16.3. The summed E-state index contributed by atoms with van der Waals surface area (Å²) in [7, 11) is 0. The maximum atomic E-state index is 12.2. The monoisotopic (exact) mass is 258 g/mol. The quantitative estimate of drug-likeness (QED) is 0.852. The smallest absolute Gasteiger partial charge is 0.161 e. The van der Waals surface area contributed by atoms with E-state index in [4.69, 9.17) is 5.73 Å². The first-order chi connectivity index (χ1) is 9.22. The van der Waals surface area contributed by atoms with Gasteiger partial charge in [0.25, 0.3) is 0 Å². The number of aromatic nitrogens is 3. The zero-order valence-corrected chi connectivity index (χ0v) is 11.0. The van der Waals surface area contributed by atoms with E-state index >= 15 is 0 Å². The van der Waals surface area contributed by atoms with Gasteiger partial charge in [0, 0.05) is 6.54 Å². The van der Waals surface area contributed by atoms with E-state index in [-0.39, 0.29) is 12.2 Å². The fraction of sp³-hybridized carbons (Fsp3) is 0.357. The molecule has 5 heteroatoms. The zero-order chi connectivity index (χ0) is 13.7. The standard InChI is InChI=1S/C14H18N4O/c1-2-8-18-13(16-10-17-18)9-12(19)14(15)11-6-4-3-5-7-11/h3-7,10,14H,2,8-9,15H2,1H3. The number of nitrogens with two attached hydrogens (primary N) is 1. The van der Waals surface area contributed by atoms with Crippen molar-refractivity contribution < 1.29 is 4.79 Å². The third-order valence-electron chi connectivity index (χ3n) is 2.97. The highest BCUT2D eigenvalue weighted by Crippen LogP contribution is 2.12. The molecule has 0 saturated heterocycles. The van der Waals surface area contributed by atoms with Crippen molar-refractivity contribution in [3.8, 4) is 0 Å². The van der Waals surface area contributed by atoms with Gasteiger partial charge in [-0.1, -0.05) is 37.3 Å². The summed E-state index contributed by atoms with van der Waals surface area (Å²) in [5, 5.41) is 4.10. The maximum absolute atomic E-state index is 12.2. The Hall–Kier alpha value is -2.01. The number of Topliss-reactive ketones (excluding diaryl/α,β-unsaturated/α-hetero) is 1. The van der Waals surface area contributed by atoms with Crippen LogP contribution in [0.2, 0.25) is 0 Å². The van der Waals surface area contributed by atoms with Crippen LogP contribution in [0.5, 0.6) is 0 Å². The van der Waals surface area contributed by atoms with E-state index in [2.05, 4.69) is 17.0 Å². The van der Waals surface area contributed by atoms with Crippen LogP contribution in [0, 0.1) is 0 Å². The summed E-state index contributed by atoms with van der Waals surface area (Å²) in [6.07, 6.45) is 2.65. The predicted molar refractivity (Wildman–Crippen MR) is 72.4 cm³/mol. The third-order valence-corrected chi connectivity index (χ3v) is 2.97. The van der Waals surface area contributed by atoms with Gasteiger partial charge in [-0.15, -0.1) is 0 Å². The molecule has 1 aromatic heterocycles. The molecule has 19 heavy (non-hydrogen) atoms. The molecular weight excluding hydrogens is 240 g/mol. The number of hydrogen-bond donors (Lipinski definition) is 1. The first-order valence-electron chi connectivity index (χ1n) is 6.42. The molecule has 0 fully saturated rings. The lowest BCUT2D eigenvalue weighted by molar-refractivity contribution is -0.119. The SMILES string of the molecule is CCCn1ncnc1CC(=O)C(N)c1ccccc1. The molecule has 0 aliphatic rings. The van der Waals surface area contributed by atoms with Crippen LogP contribution in [0.4, 0.5) is 0 Å². The fourth-order valence-electron chi connectivity index (χ4n) is 1.94. The van der Waals surface area contributed by atoms with Gasteiger partial charge in [-0.3, -0.25) is 4.79 Å². The predicted octanol–water partition coefficient (Wildman–Crippen LogP) is 1.50. The Bertz CT molecular complexity index is 535. The first-order valence-corrected chi connectivity index (χ1v) is 6.42. The Morgan fingerprint density at radius 1 is 1.37 bits per heavy atom. The minimum absolute atomic E-state index is 0.0449. The lowest BCUT2D eigenvalue weighted by Crippen LogP contribution is -2.24. The average molecular weight is 258 g/mol. The normalized spacial score (nSPS) is 12.3. The van der Waals surface area contributed by atoms with Crippen molar-refractivity contribution in [3.05, 3.63) is 48.0 Å². The van der Waals surface area contributed by atoms with E-state index in [1.165, 1.54) is 6.33 Å². The molecule has 100 valence electrons. The van der Waals surface area contributed by atoms with Crippen molar-refractivity contribution in [1.82, 2.24) is 14.8 Å². The molecule has 0 spiro atoms. The van der Waals surface area contributed by atoms with Crippen molar-refractivity contribution in [3.63, 3.8) is 0 Å². The van der Waals surface area contributed by atoms with E-state index in [1.54, 1.807) is 4.68 Å². The number of nitrogens with zero attached hydrogens (tertiary/aromatic N) is 3. The maximum Gasteiger partial charge on any atom is 0.161 e. The molecular formula is C14H18N4O. The number of aryl methyl sites for hydroxylation is 1. The number of carbonyl (C=O) groups excluding carboxylic acids is 1. The van der Waals surface area contributed by atoms with Gasteiger partial charge in [-0.25, -0.2) is 9.67 Å². The summed E-state index contributed by atoms with van der Waals surface area (Å²) < 4.78 is 1.76. The van der Waals surface area contributed by atoms with Gasteiger partial charge in [0.05, 0.1) is 12.5 Å². The molecule has 2 aromatic rings. The Morgan fingerprint density at radius 3 is 2.79 bits per heavy atom. The summed E-state index contributed by atoms with van der Waals surface area (Å²) in [6, 6.07) is 8.77. The molecule has 0 aliphatic heterocycles. The van der Waals surface area contributed by atoms with Crippen LogP contribution in [-0.4, -0.2) is 20.5 Å². The highest BCUT2D eigenvalue weighted by Gasteiger charge is 2.18. The molecule has 1 atom stereocenters. The zero-order valence-electron chi connectivity index (χ0n) is 11.0. The second-order valence-corrected chi connectivity index (χ2v) is 4.43. The number of rotatable bonds is 6. The van der Waals surface area contributed by atoms with E-state index in [9.17, 15) is 4.79 Å². The van der Waals surface area contributed by atoms with Gasteiger partial charge in [0.1, 0.15) is 12.2 Å². The Kier molecular flexibility index (Phi) is 4.41. The van der Waals surface area contributed by atoms with E-state index in [0.717, 1.165) is 18.5 Å². The second kappa shape index (κ2) is 6.24. The van der Waals surface area contributed by atoms with Gasteiger partial charge < -0.3 is 5.73 Å². The van der Waals surface area contributed by atoms with Gasteiger partial charge in [0.2, 0.25) is 0 Å². The minimum Gasteiger partial charge on any atom is -0.318 e. The van der Waals surface area contributed by atoms with Crippen molar-refractivity contribution >= 4 is 5.78 Å². The summed E-state index contributed by atoms with van der Waals surface area (Å²) >= 11 is 0. The summed E-state index contributed by atoms with van der Waals surface area (Å²) in [5.41, 5.74) is 6.80. The Balaban J connectivity index is 2.06. The number of hydrogen-bond acceptors (Lipinski definition) is 4. The Labute approximate surface area is 112 Å². The molecule has 0 bridgehead atoms. The lowest BCUT2D eigenvalue weighted by atomic mass is 10.0. The second-order valence-electron chi connectivity index (χ2n) is 4.43. The van der Waals surface area contributed by atoms with Crippen molar-refractivity contribution in [2.75, 3.05) is 0 Å². The lowest BCUT2D eigenvalue weighted by Gasteiger charge is -2.11. The highest BCUT2D eigenvalue weighted by atomic mass is 16.1. The van der Waals surface area contributed by atoms with E-state index in [0.29, 0.717) is 5.82 Å². The van der Waals surface area contributed by atoms with Gasteiger partial charge in [0.15, 0.2) is 5.78 Å². The minimum atomic E-state index is -0.604. The largest absolute Gasteiger partial charge is 0.318 e. The van der Waals surface area contributed by atoms with Crippen LogP contribution in [0.1, 0.15) is 30.8 Å². The summed E-state index contributed by atoms with van der Waals surface area (Å²) in [6.45, 7) is 2.83. The Morgan fingerprint density at radius 2 is 2.11 bits per heavy atom. The molecule has 0 saturated carbocycles.